The fourth-order valence-electron chi connectivity index (χ4n) is 1.12. The van der Waals surface area contributed by atoms with E-state index in [0.29, 0.717) is 13.2 Å². The van der Waals surface area contributed by atoms with E-state index in [9.17, 15) is 0 Å². The lowest BCUT2D eigenvalue weighted by molar-refractivity contribution is 0.185. The quantitative estimate of drug-likeness (QED) is 0.705. The van der Waals surface area contributed by atoms with Gasteiger partial charge in [0.05, 0.1) is 13.2 Å². The van der Waals surface area contributed by atoms with Crippen molar-refractivity contribution in [3.05, 3.63) is 29.8 Å². The predicted molar refractivity (Wildman–Crippen MR) is 54.5 cm³/mol. The molecule has 0 aromatic heterocycles. The van der Waals surface area contributed by atoms with Gasteiger partial charge in [-0.2, -0.15) is 0 Å². The van der Waals surface area contributed by atoms with Crippen LogP contribution in [-0.4, -0.2) is 13.7 Å². The second kappa shape index (κ2) is 5.23. The van der Waals surface area contributed by atoms with Gasteiger partial charge in [-0.05, 0) is 6.07 Å². The summed E-state index contributed by atoms with van der Waals surface area (Å²) < 4.78 is 5.06. The van der Waals surface area contributed by atoms with E-state index < -0.39 is 0 Å². The number of hydrogen-bond acceptors (Lipinski definition) is 2. The lowest BCUT2D eigenvalue weighted by atomic mass is 10.2. The summed E-state index contributed by atoms with van der Waals surface area (Å²) in [6, 6.07) is 7.96. The van der Waals surface area contributed by atoms with Crippen LogP contribution in [0, 0.1) is 12.3 Å². The first-order valence-corrected chi connectivity index (χ1v) is 4.12. The van der Waals surface area contributed by atoms with Gasteiger partial charge >= 0.3 is 0 Å². The summed E-state index contributed by atoms with van der Waals surface area (Å²) in [7, 11) is 1.68. The summed E-state index contributed by atoms with van der Waals surface area (Å²) in [4.78, 5) is 0. The first-order valence-electron chi connectivity index (χ1n) is 4.12. The van der Waals surface area contributed by atoms with E-state index in [4.69, 9.17) is 11.2 Å². The standard InChI is InChI=1S/C11H13NO/c1-3-8-12-11-7-5-4-6-10(11)9-13-2/h1,4-7,12H,8-9H2,2H3. The molecule has 0 unspecified atom stereocenters. The van der Waals surface area contributed by atoms with Gasteiger partial charge in [-0.15, -0.1) is 6.42 Å². The van der Waals surface area contributed by atoms with E-state index >= 15 is 0 Å². The number of rotatable bonds is 4. The zero-order valence-electron chi connectivity index (χ0n) is 7.71. The smallest absolute Gasteiger partial charge is 0.0763 e. The topological polar surface area (TPSA) is 21.3 Å². The predicted octanol–water partition coefficient (Wildman–Crippen LogP) is 1.88. The minimum atomic E-state index is 0.542. The van der Waals surface area contributed by atoms with Crippen LogP contribution in [0.4, 0.5) is 5.69 Å². The largest absolute Gasteiger partial charge is 0.380 e. The lowest BCUT2D eigenvalue weighted by Crippen LogP contribution is -2.02. The normalized spacial score (nSPS) is 9.23. The number of methoxy groups -OCH3 is 1. The van der Waals surface area contributed by atoms with Crippen LogP contribution >= 0.6 is 0 Å². The molecule has 0 saturated carbocycles. The average molecular weight is 175 g/mol. The highest BCUT2D eigenvalue weighted by molar-refractivity contribution is 5.51. The number of nitrogens with one attached hydrogen (secondary N) is 1. The minimum absolute atomic E-state index is 0.542. The van der Waals surface area contributed by atoms with E-state index in [-0.39, 0.29) is 0 Å². The van der Waals surface area contributed by atoms with Crippen LogP contribution in [0.2, 0.25) is 0 Å². The third-order valence-corrected chi connectivity index (χ3v) is 1.70. The van der Waals surface area contributed by atoms with Crippen molar-refractivity contribution in [2.24, 2.45) is 0 Å². The molecule has 2 heteroatoms. The molecular formula is C11H13NO. The van der Waals surface area contributed by atoms with Crippen molar-refractivity contribution < 1.29 is 4.74 Å². The molecule has 1 aromatic carbocycles. The molecule has 0 spiro atoms. The van der Waals surface area contributed by atoms with Crippen molar-refractivity contribution >= 4 is 5.69 Å². The Bertz CT molecular complexity index is 301. The number of para-hydroxylation sites is 1. The molecule has 1 N–H and O–H groups in total. The molecule has 0 amide bonds. The van der Waals surface area contributed by atoms with Crippen molar-refractivity contribution in [1.29, 1.82) is 0 Å². The van der Waals surface area contributed by atoms with Crippen LogP contribution < -0.4 is 5.32 Å². The first-order chi connectivity index (χ1) is 6.38. The summed E-state index contributed by atoms with van der Waals surface area (Å²) in [5.74, 6) is 2.53. The van der Waals surface area contributed by atoms with Gasteiger partial charge in [-0.1, -0.05) is 24.1 Å². The van der Waals surface area contributed by atoms with Gasteiger partial charge in [-0.3, -0.25) is 0 Å². The maximum absolute atomic E-state index is 5.16. The van der Waals surface area contributed by atoms with Gasteiger partial charge in [0, 0.05) is 18.4 Å². The van der Waals surface area contributed by atoms with Crippen LogP contribution in [0.1, 0.15) is 5.56 Å². The maximum atomic E-state index is 5.16. The maximum Gasteiger partial charge on any atom is 0.0763 e. The Balaban J connectivity index is 2.73. The second-order valence-electron chi connectivity index (χ2n) is 2.65. The zero-order chi connectivity index (χ0) is 9.52. The van der Waals surface area contributed by atoms with Crippen molar-refractivity contribution in [2.45, 2.75) is 6.61 Å². The van der Waals surface area contributed by atoms with E-state index in [2.05, 4.69) is 11.2 Å². The molecule has 13 heavy (non-hydrogen) atoms. The van der Waals surface area contributed by atoms with E-state index in [1.54, 1.807) is 7.11 Å². The van der Waals surface area contributed by atoms with Gasteiger partial charge in [0.2, 0.25) is 0 Å². The fourth-order valence-corrected chi connectivity index (χ4v) is 1.12. The highest BCUT2D eigenvalue weighted by Gasteiger charge is 1.98. The molecule has 0 heterocycles. The summed E-state index contributed by atoms with van der Waals surface area (Å²) >= 11 is 0. The molecule has 68 valence electrons. The molecule has 0 fully saturated rings. The number of hydrogen-bond donors (Lipinski definition) is 1. The lowest BCUT2D eigenvalue weighted by Gasteiger charge is -2.08. The highest BCUT2D eigenvalue weighted by atomic mass is 16.5. The van der Waals surface area contributed by atoms with Crippen LogP contribution in [0.25, 0.3) is 0 Å². The summed E-state index contributed by atoms with van der Waals surface area (Å²) in [6.07, 6.45) is 5.16. The monoisotopic (exact) mass is 175 g/mol. The van der Waals surface area contributed by atoms with Crippen molar-refractivity contribution in [2.75, 3.05) is 19.0 Å². The molecule has 0 saturated heterocycles. The van der Waals surface area contributed by atoms with Gasteiger partial charge in [0.15, 0.2) is 0 Å². The number of ether oxygens (including phenoxy) is 1. The summed E-state index contributed by atoms with van der Waals surface area (Å²) in [5, 5.41) is 3.13. The Morgan fingerprint density at radius 2 is 2.23 bits per heavy atom. The molecule has 1 aromatic rings. The van der Waals surface area contributed by atoms with Crippen LogP contribution in [0.3, 0.4) is 0 Å². The molecule has 0 bridgehead atoms. The SMILES string of the molecule is C#CCNc1ccccc1COC. The fraction of sp³-hybridized carbons (Fsp3) is 0.273. The summed E-state index contributed by atoms with van der Waals surface area (Å²) in [6.45, 7) is 1.15. The molecule has 0 aliphatic heterocycles. The van der Waals surface area contributed by atoms with Crippen molar-refractivity contribution in [3.8, 4) is 12.3 Å². The van der Waals surface area contributed by atoms with E-state index in [1.807, 2.05) is 24.3 Å². The van der Waals surface area contributed by atoms with Gasteiger partial charge in [-0.25, -0.2) is 0 Å². The molecule has 1 rings (SSSR count). The Morgan fingerprint density at radius 1 is 1.46 bits per heavy atom. The van der Waals surface area contributed by atoms with Gasteiger partial charge < -0.3 is 10.1 Å². The average Bonchev–Trinajstić information content (AvgIpc) is 2.17. The number of terminal acetylenes is 1. The minimum Gasteiger partial charge on any atom is -0.380 e. The Kier molecular flexibility index (Phi) is 3.87. The molecule has 0 atom stereocenters. The molecule has 2 nitrogen and oxygen atoms in total. The third kappa shape index (κ3) is 2.81. The highest BCUT2D eigenvalue weighted by Crippen LogP contribution is 2.14. The molecule has 0 aliphatic carbocycles. The van der Waals surface area contributed by atoms with Gasteiger partial charge in [0.25, 0.3) is 0 Å². The Morgan fingerprint density at radius 3 is 2.92 bits per heavy atom. The number of benzene rings is 1. The van der Waals surface area contributed by atoms with Crippen LogP contribution in [0.15, 0.2) is 24.3 Å². The van der Waals surface area contributed by atoms with Crippen LogP contribution in [0.5, 0.6) is 0 Å². The zero-order valence-corrected chi connectivity index (χ0v) is 7.71. The molecule has 0 radical (unpaired) electrons. The Labute approximate surface area is 78.9 Å². The van der Waals surface area contributed by atoms with Crippen molar-refractivity contribution in [3.63, 3.8) is 0 Å². The first kappa shape index (κ1) is 9.63. The van der Waals surface area contributed by atoms with Crippen LogP contribution in [-0.2, 0) is 11.3 Å². The van der Waals surface area contributed by atoms with E-state index in [0.717, 1.165) is 11.3 Å². The Hall–Kier alpha value is -1.46. The van der Waals surface area contributed by atoms with Gasteiger partial charge in [0.1, 0.15) is 0 Å². The van der Waals surface area contributed by atoms with E-state index in [1.165, 1.54) is 0 Å². The molecule has 0 aliphatic rings. The number of anilines is 1. The summed E-state index contributed by atoms with van der Waals surface area (Å²) in [5.41, 5.74) is 2.17. The van der Waals surface area contributed by atoms with Crippen molar-refractivity contribution in [1.82, 2.24) is 0 Å². The third-order valence-electron chi connectivity index (χ3n) is 1.70. The molecular weight excluding hydrogens is 162 g/mol. The second-order valence-corrected chi connectivity index (χ2v) is 2.65.